The van der Waals surface area contributed by atoms with E-state index in [2.05, 4.69) is 5.32 Å². The average molecular weight is 285 g/mol. The lowest BCUT2D eigenvalue weighted by Crippen LogP contribution is -2.13. The predicted molar refractivity (Wildman–Crippen MR) is 84.9 cm³/mol. The molecule has 5 N–H and O–H groups in total. The third-order valence-corrected chi connectivity index (χ3v) is 2.83. The van der Waals surface area contributed by atoms with Gasteiger partial charge in [-0.05, 0) is 56.3 Å². The second-order valence-corrected chi connectivity index (χ2v) is 4.98. The highest BCUT2D eigenvalue weighted by atomic mass is 16.5. The summed E-state index contributed by atoms with van der Waals surface area (Å²) >= 11 is 0. The maximum absolute atomic E-state index is 11.3. The van der Waals surface area contributed by atoms with Crippen molar-refractivity contribution in [2.75, 3.05) is 11.1 Å². The molecule has 5 heteroatoms. The van der Waals surface area contributed by atoms with E-state index >= 15 is 0 Å². The number of anilines is 3. The molecule has 0 bridgehead atoms. The Labute approximate surface area is 123 Å². The Morgan fingerprint density at radius 3 is 2.29 bits per heavy atom. The molecule has 5 nitrogen and oxygen atoms in total. The van der Waals surface area contributed by atoms with E-state index < -0.39 is 5.91 Å². The van der Waals surface area contributed by atoms with Gasteiger partial charge < -0.3 is 21.5 Å². The lowest BCUT2D eigenvalue weighted by molar-refractivity contribution is 0.100. The number of primary amides is 1. The van der Waals surface area contributed by atoms with Crippen LogP contribution in [0.1, 0.15) is 24.2 Å². The van der Waals surface area contributed by atoms with Crippen molar-refractivity contribution in [3.63, 3.8) is 0 Å². The molecule has 2 aromatic rings. The molecule has 2 aromatic carbocycles. The van der Waals surface area contributed by atoms with Gasteiger partial charge in [0.15, 0.2) is 0 Å². The highest BCUT2D eigenvalue weighted by Gasteiger charge is 2.07. The summed E-state index contributed by atoms with van der Waals surface area (Å²) in [4.78, 5) is 11.3. The van der Waals surface area contributed by atoms with E-state index in [1.807, 2.05) is 38.1 Å². The number of amides is 1. The van der Waals surface area contributed by atoms with E-state index in [4.69, 9.17) is 16.2 Å². The summed E-state index contributed by atoms with van der Waals surface area (Å²) in [6.45, 7) is 3.96. The fraction of sp³-hybridized carbons (Fsp3) is 0.188. The third kappa shape index (κ3) is 3.89. The van der Waals surface area contributed by atoms with Gasteiger partial charge in [-0.1, -0.05) is 0 Å². The van der Waals surface area contributed by atoms with Gasteiger partial charge in [-0.2, -0.15) is 0 Å². The molecule has 1 amide bonds. The molecular weight excluding hydrogens is 266 g/mol. The molecule has 0 saturated heterocycles. The Morgan fingerprint density at radius 1 is 1.10 bits per heavy atom. The quantitative estimate of drug-likeness (QED) is 0.737. The number of benzene rings is 2. The molecule has 2 rings (SSSR count). The molecular formula is C16H19N3O2. The average Bonchev–Trinajstić information content (AvgIpc) is 2.42. The van der Waals surface area contributed by atoms with Crippen molar-refractivity contribution in [2.24, 2.45) is 5.73 Å². The molecule has 0 aromatic heterocycles. The van der Waals surface area contributed by atoms with Crippen molar-refractivity contribution in [2.45, 2.75) is 20.0 Å². The van der Waals surface area contributed by atoms with Gasteiger partial charge in [0.2, 0.25) is 0 Å². The highest BCUT2D eigenvalue weighted by Crippen LogP contribution is 2.23. The molecule has 0 atom stereocenters. The second-order valence-electron chi connectivity index (χ2n) is 4.98. The fourth-order valence-electron chi connectivity index (χ4n) is 1.90. The Hall–Kier alpha value is -2.69. The number of nitrogens with one attached hydrogen (secondary N) is 1. The number of nitrogens with two attached hydrogens (primary N) is 2. The molecule has 0 saturated carbocycles. The monoisotopic (exact) mass is 285 g/mol. The summed E-state index contributed by atoms with van der Waals surface area (Å²) in [5, 5.41) is 3.19. The van der Waals surface area contributed by atoms with E-state index in [1.54, 1.807) is 18.2 Å². The lowest BCUT2D eigenvalue weighted by atomic mass is 10.1. The van der Waals surface area contributed by atoms with Crippen LogP contribution >= 0.6 is 0 Å². The van der Waals surface area contributed by atoms with Gasteiger partial charge in [-0.15, -0.1) is 0 Å². The first-order chi connectivity index (χ1) is 9.95. The number of nitrogen functional groups attached to an aromatic ring is 1. The first-order valence-corrected chi connectivity index (χ1v) is 6.69. The predicted octanol–water partition coefficient (Wildman–Crippen LogP) is 2.90. The van der Waals surface area contributed by atoms with Crippen LogP contribution in [0.3, 0.4) is 0 Å². The number of hydrogen-bond acceptors (Lipinski definition) is 4. The summed E-state index contributed by atoms with van der Waals surface area (Å²) in [6, 6.07) is 12.6. The molecule has 0 aliphatic carbocycles. The van der Waals surface area contributed by atoms with Crippen LogP contribution in [-0.2, 0) is 0 Å². The zero-order valence-corrected chi connectivity index (χ0v) is 12.1. The summed E-state index contributed by atoms with van der Waals surface area (Å²) in [7, 11) is 0. The second kappa shape index (κ2) is 6.17. The standard InChI is InChI=1S/C16H19N3O2/c1-10(2)21-13-6-3-11(4-7-13)19-12-5-8-15(17)14(9-12)16(18)20/h3-10,19H,17H2,1-2H3,(H2,18,20). The first kappa shape index (κ1) is 14.7. The summed E-state index contributed by atoms with van der Waals surface area (Å²) in [5.41, 5.74) is 13.3. The third-order valence-electron chi connectivity index (χ3n) is 2.83. The number of carbonyl (C=O) groups excluding carboxylic acids is 1. The van der Waals surface area contributed by atoms with Gasteiger partial charge in [0.1, 0.15) is 5.75 Å². The van der Waals surface area contributed by atoms with Crippen LogP contribution in [0.25, 0.3) is 0 Å². The van der Waals surface area contributed by atoms with E-state index in [-0.39, 0.29) is 6.10 Å². The maximum Gasteiger partial charge on any atom is 0.250 e. The lowest BCUT2D eigenvalue weighted by Gasteiger charge is -2.12. The zero-order valence-electron chi connectivity index (χ0n) is 12.1. The van der Waals surface area contributed by atoms with Crippen LogP contribution in [0.15, 0.2) is 42.5 Å². The van der Waals surface area contributed by atoms with Crippen LogP contribution in [-0.4, -0.2) is 12.0 Å². The minimum atomic E-state index is -0.545. The molecule has 0 fully saturated rings. The zero-order chi connectivity index (χ0) is 15.4. The Morgan fingerprint density at radius 2 is 1.71 bits per heavy atom. The van der Waals surface area contributed by atoms with E-state index in [0.717, 1.165) is 17.1 Å². The van der Waals surface area contributed by atoms with Gasteiger partial charge in [0, 0.05) is 17.1 Å². The van der Waals surface area contributed by atoms with E-state index in [9.17, 15) is 4.79 Å². The highest BCUT2D eigenvalue weighted by molar-refractivity contribution is 5.99. The summed E-state index contributed by atoms with van der Waals surface area (Å²) < 4.78 is 5.58. The Balaban J connectivity index is 2.14. The van der Waals surface area contributed by atoms with Crippen molar-refractivity contribution in [1.82, 2.24) is 0 Å². The van der Waals surface area contributed by atoms with Crippen LogP contribution < -0.4 is 21.5 Å². The molecule has 0 heterocycles. The van der Waals surface area contributed by atoms with Crippen molar-refractivity contribution < 1.29 is 9.53 Å². The minimum absolute atomic E-state index is 0.138. The number of ether oxygens (including phenoxy) is 1. The van der Waals surface area contributed by atoms with Crippen LogP contribution in [0.2, 0.25) is 0 Å². The van der Waals surface area contributed by atoms with Crippen molar-refractivity contribution in [3.05, 3.63) is 48.0 Å². The molecule has 0 unspecified atom stereocenters. The van der Waals surface area contributed by atoms with Crippen molar-refractivity contribution in [3.8, 4) is 5.75 Å². The summed E-state index contributed by atoms with van der Waals surface area (Å²) in [6.07, 6.45) is 0.138. The summed E-state index contributed by atoms with van der Waals surface area (Å²) in [5.74, 6) is 0.266. The minimum Gasteiger partial charge on any atom is -0.491 e. The molecule has 0 aliphatic heterocycles. The molecule has 0 aliphatic rings. The Bertz CT molecular complexity index is 636. The number of carbonyl (C=O) groups is 1. The van der Waals surface area contributed by atoms with Gasteiger partial charge in [0.25, 0.3) is 5.91 Å². The largest absolute Gasteiger partial charge is 0.491 e. The normalized spacial score (nSPS) is 10.4. The van der Waals surface area contributed by atoms with Gasteiger partial charge >= 0.3 is 0 Å². The van der Waals surface area contributed by atoms with Crippen molar-refractivity contribution in [1.29, 1.82) is 0 Å². The molecule has 110 valence electrons. The number of hydrogen-bond donors (Lipinski definition) is 3. The SMILES string of the molecule is CC(C)Oc1ccc(Nc2ccc(N)c(C(N)=O)c2)cc1. The number of rotatable bonds is 5. The van der Waals surface area contributed by atoms with Crippen LogP contribution in [0.5, 0.6) is 5.75 Å². The van der Waals surface area contributed by atoms with Crippen LogP contribution in [0.4, 0.5) is 17.1 Å². The molecule has 0 spiro atoms. The first-order valence-electron chi connectivity index (χ1n) is 6.69. The van der Waals surface area contributed by atoms with E-state index in [1.165, 1.54) is 0 Å². The smallest absolute Gasteiger partial charge is 0.250 e. The maximum atomic E-state index is 11.3. The van der Waals surface area contributed by atoms with Gasteiger partial charge in [-0.25, -0.2) is 0 Å². The van der Waals surface area contributed by atoms with Crippen LogP contribution in [0, 0.1) is 0 Å². The van der Waals surface area contributed by atoms with Crippen molar-refractivity contribution >= 4 is 23.0 Å². The molecule has 21 heavy (non-hydrogen) atoms. The van der Waals surface area contributed by atoms with Gasteiger partial charge in [0.05, 0.1) is 11.7 Å². The van der Waals surface area contributed by atoms with E-state index in [0.29, 0.717) is 11.3 Å². The molecule has 0 radical (unpaired) electrons. The Kier molecular flexibility index (Phi) is 4.33. The fourth-order valence-corrected chi connectivity index (χ4v) is 1.90. The van der Waals surface area contributed by atoms with Gasteiger partial charge in [-0.3, -0.25) is 4.79 Å². The topological polar surface area (TPSA) is 90.4 Å².